The second-order valence-electron chi connectivity index (χ2n) is 6.35. The summed E-state index contributed by atoms with van der Waals surface area (Å²) in [5, 5.41) is 4.19. The minimum Gasteiger partial charge on any atom is -0.306 e. The molecular formula is C15H16F2N2O. The van der Waals surface area contributed by atoms with Crippen LogP contribution in [0, 0.1) is 23.0 Å². The van der Waals surface area contributed by atoms with E-state index in [0.29, 0.717) is 17.7 Å². The number of benzene rings is 1. The van der Waals surface area contributed by atoms with E-state index in [-0.39, 0.29) is 23.2 Å². The van der Waals surface area contributed by atoms with Crippen molar-refractivity contribution in [3.05, 3.63) is 35.4 Å². The zero-order valence-corrected chi connectivity index (χ0v) is 11.4. The van der Waals surface area contributed by atoms with Gasteiger partial charge in [-0.1, -0.05) is 13.8 Å². The van der Waals surface area contributed by atoms with Crippen molar-refractivity contribution in [2.24, 2.45) is 16.4 Å². The SMILES string of the molecule is CC1(C)CC(=O)[C@H]2C(c3ccc(F)c(F)c3)=NN[C@H]2C1. The topological polar surface area (TPSA) is 41.5 Å². The van der Waals surface area contributed by atoms with E-state index in [0.717, 1.165) is 18.6 Å². The Morgan fingerprint density at radius 1 is 1.30 bits per heavy atom. The average molecular weight is 278 g/mol. The van der Waals surface area contributed by atoms with E-state index < -0.39 is 11.6 Å². The normalized spacial score (nSPS) is 27.8. The zero-order valence-electron chi connectivity index (χ0n) is 11.4. The first-order chi connectivity index (χ1) is 9.37. The molecule has 1 aliphatic carbocycles. The lowest BCUT2D eigenvalue weighted by Crippen LogP contribution is -2.45. The number of halogens is 2. The Morgan fingerprint density at radius 3 is 2.75 bits per heavy atom. The zero-order chi connectivity index (χ0) is 14.5. The first-order valence-corrected chi connectivity index (χ1v) is 6.69. The van der Waals surface area contributed by atoms with Crippen LogP contribution in [0.1, 0.15) is 32.3 Å². The van der Waals surface area contributed by atoms with Crippen LogP contribution >= 0.6 is 0 Å². The molecule has 0 unspecified atom stereocenters. The molecule has 106 valence electrons. The third kappa shape index (κ3) is 2.11. The van der Waals surface area contributed by atoms with Crippen LogP contribution in [-0.4, -0.2) is 17.5 Å². The summed E-state index contributed by atoms with van der Waals surface area (Å²) in [5.41, 5.74) is 3.92. The first-order valence-electron chi connectivity index (χ1n) is 6.69. The Kier molecular flexibility index (Phi) is 2.88. The summed E-state index contributed by atoms with van der Waals surface area (Å²) >= 11 is 0. The highest BCUT2D eigenvalue weighted by Gasteiger charge is 2.46. The molecule has 20 heavy (non-hydrogen) atoms. The summed E-state index contributed by atoms with van der Waals surface area (Å²) in [6.45, 7) is 4.11. The van der Waals surface area contributed by atoms with Gasteiger partial charge in [-0.2, -0.15) is 5.10 Å². The molecule has 1 aromatic rings. The van der Waals surface area contributed by atoms with E-state index in [1.165, 1.54) is 6.07 Å². The number of carbonyl (C=O) groups is 1. The number of Topliss-reactive ketones (excluding diaryl/α,β-unsaturated/α-hetero) is 1. The number of hydrogen-bond donors (Lipinski definition) is 1. The van der Waals surface area contributed by atoms with Crippen molar-refractivity contribution >= 4 is 11.5 Å². The summed E-state index contributed by atoms with van der Waals surface area (Å²) in [5.74, 6) is -2.06. The van der Waals surface area contributed by atoms with Gasteiger partial charge in [0.2, 0.25) is 0 Å². The molecule has 0 saturated heterocycles. The molecule has 0 aromatic heterocycles. The van der Waals surface area contributed by atoms with E-state index >= 15 is 0 Å². The second kappa shape index (κ2) is 4.36. The highest BCUT2D eigenvalue weighted by molar-refractivity contribution is 6.15. The van der Waals surface area contributed by atoms with Crippen LogP contribution in [-0.2, 0) is 4.79 Å². The Bertz CT molecular complexity index is 610. The second-order valence-corrected chi connectivity index (χ2v) is 6.35. The molecule has 0 bridgehead atoms. The summed E-state index contributed by atoms with van der Waals surface area (Å²) in [7, 11) is 0. The van der Waals surface area contributed by atoms with Gasteiger partial charge in [-0.05, 0) is 30.0 Å². The number of hydrazone groups is 1. The molecule has 2 aliphatic rings. The van der Waals surface area contributed by atoms with Gasteiger partial charge in [-0.3, -0.25) is 4.79 Å². The Hall–Kier alpha value is -1.78. The van der Waals surface area contributed by atoms with Crippen molar-refractivity contribution in [3.63, 3.8) is 0 Å². The number of rotatable bonds is 1. The lowest BCUT2D eigenvalue weighted by Gasteiger charge is -2.36. The Labute approximate surface area is 116 Å². The predicted molar refractivity (Wildman–Crippen MR) is 71.3 cm³/mol. The quantitative estimate of drug-likeness (QED) is 0.858. The van der Waals surface area contributed by atoms with Gasteiger partial charge in [0, 0.05) is 12.0 Å². The molecule has 5 heteroatoms. The third-order valence-electron chi connectivity index (χ3n) is 4.04. The van der Waals surface area contributed by atoms with Crippen LogP contribution in [0.5, 0.6) is 0 Å². The van der Waals surface area contributed by atoms with E-state index in [4.69, 9.17) is 0 Å². The molecule has 3 rings (SSSR count). The summed E-state index contributed by atoms with van der Waals surface area (Å²) < 4.78 is 26.3. The van der Waals surface area contributed by atoms with E-state index in [2.05, 4.69) is 24.4 Å². The molecule has 1 aliphatic heterocycles. The Morgan fingerprint density at radius 2 is 2.05 bits per heavy atom. The molecule has 1 N–H and O–H groups in total. The van der Waals surface area contributed by atoms with Gasteiger partial charge in [-0.15, -0.1) is 0 Å². The molecule has 0 spiro atoms. The van der Waals surface area contributed by atoms with Gasteiger partial charge >= 0.3 is 0 Å². The van der Waals surface area contributed by atoms with Crippen LogP contribution in [0.15, 0.2) is 23.3 Å². The number of fused-ring (bicyclic) bond motifs is 1. The summed E-state index contributed by atoms with van der Waals surface area (Å²) in [4.78, 5) is 12.3. The van der Waals surface area contributed by atoms with Crippen LogP contribution in [0.25, 0.3) is 0 Å². The fraction of sp³-hybridized carbons (Fsp3) is 0.467. The van der Waals surface area contributed by atoms with Gasteiger partial charge in [-0.25, -0.2) is 8.78 Å². The molecule has 1 fully saturated rings. The van der Waals surface area contributed by atoms with Crippen molar-refractivity contribution in [2.45, 2.75) is 32.7 Å². The first kappa shape index (κ1) is 13.2. The Balaban J connectivity index is 1.93. The number of carbonyl (C=O) groups excluding carboxylic acids is 1. The highest BCUT2D eigenvalue weighted by atomic mass is 19.2. The van der Waals surface area contributed by atoms with Crippen molar-refractivity contribution in [3.8, 4) is 0 Å². The minimum absolute atomic E-state index is 0.0469. The standard InChI is InChI=1S/C15H16F2N2O/c1-15(2)6-11-13(12(20)7-15)14(19-18-11)8-3-4-9(16)10(17)5-8/h3-5,11,13,18H,6-7H2,1-2H3/t11-,13-/m0/s1. The summed E-state index contributed by atoms with van der Waals surface area (Å²) in [6, 6.07) is 3.59. The van der Waals surface area contributed by atoms with Crippen molar-refractivity contribution in [1.82, 2.24) is 5.43 Å². The van der Waals surface area contributed by atoms with Crippen molar-refractivity contribution in [1.29, 1.82) is 0 Å². The average Bonchev–Trinajstić information content (AvgIpc) is 2.75. The molecule has 1 saturated carbocycles. The number of nitrogens with zero attached hydrogens (tertiary/aromatic N) is 1. The predicted octanol–water partition coefficient (Wildman–Crippen LogP) is 2.65. The lowest BCUT2D eigenvalue weighted by atomic mass is 9.68. The molecule has 1 heterocycles. The number of nitrogens with one attached hydrogen (secondary N) is 1. The molecule has 3 nitrogen and oxygen atoms in total. The molecule has 2 atom stereocenters. The van der Waals surface area contributed by atoms with Gasteiger partial charge in [0.05, 0.1) is 17.7 Å². The number of hydrogen-bond acceptors (Lipinski definition) is 3. The van der Waals surface area contributed by atoms with Crippen molar-refractivity contribution < 1.29 is 13.6 Å². The molecule has 0 radical (unpaired) electrons. The summed E-state index contributed by atoms with van der Waals surface area (Å²) in [6.07, 6.45) is 1.32. The third-order valence-corrected chi connectivity index (χ3v) is 4.04. The van der Waals surface area contributed by atoms with E-state index in [1.807, 2.05) is 0 Å². The smallest absolute Gasteiger partial charge is 0.159 e. The maximum atomic E-state index is 13.3. The van der Waals surface area contributed by atoms with Gasteiger partial charge in [0.15, 0.2) is 11.6 Å². The highest BCUT2D eigenvalue weighted by Crippen LogP contribution is 2.39. The molecular weight excluding hydrogens is 262 g/mol. The van der Waals surface area contributed by atoms with Crippen LogP contribution < -0.4 is 5.43 Å². The maximum Gasteiger partial charge on any atom is 0.159 e. The fourth-order valence-electron chi connectivity index (χ4n) is 3.18. The fourth-order valence-corrected chi connectivity index (χ4v) is 3.18. The largest absolute Gasteiger partial charge is 0.306 e. The van der Waals surface area contributed by atoms with Crippen LogP contribution in [0.2, 0.25) is 0 Å². The number of ketones is 1. The maximum absolute atomic E-state index is 13.3. The van der Waals surface area contributed by atoms with Gasteiger partial charge in [0.25, 0.3) is 0 Å². The minimum atomic E-state index is -0.919. The van der Waals surface area contributed by atoms with Crippen molar-refractivity contribution in [2.75, 3.05) is 0 Å². The molecule has 0 amide bonds. The van der Waals surface area contributed by atoms with E-state index in [9.17, 15) is 13.6 Å². The van der Waals surface area contributed by atoms with Crippen LogP contribution in [0.3, 0.4) is 0 Å². The van der Waals surface area contributed by atoms with E-state index in [1.54, 1.807) is 0 Å². The lowest BCUT2D eigenvalue weighted by molar-refractivity contribution is -0.126. The van der Waals surface area contributed by atoms with Gasteiger partial charge < -0.3 is 5.43 Å². The monoisotopic (exact) mass is 278 g/mol. The van der Waals surface area contributed by atoms with Crippen LogP contribution in [0.4, 0.5) is 8.78 Å². The van der Waals surface area contributed by atoms with Gasteiger partial charge in [0.1, 0.15) is 5.78 Å². The molecule has 1 aromatic carbocycles.